The molecule has 0 saturated carbocycles. The van der Waals surface area contributed by atoms with Crippen LogP contribution in [0.25, 0.3) is 0 Å². The summed E-state index contributed by atoms with van der Waals surface area (Å²) in [6.45, 7) is 0.562. The van der Waals surface area contributed by atoms with Crippen LogP contribution >= 0.6 is 15.9 Å². The van der Waals surface area contributed by atoms with E-state index in [-0.39, 0.29) is 11.9 Å². The average molecular weight is 335 g/mol. The van der Waals surface area contributed by atoms with Gasteiger partial charge in [-0.25, -0.2) is 0 Å². The normalized spacial score (nSPS) is 17.3. The van der Waals surface area contributed by atoms with Crippen molar-refractivity contribution in [2.45, 2.75) is 19.0 Å². The number of para-hydroxylation sites is 1. The van der Waals surface area contributed by atoms with Crippen molar-refractivity contribution in [1.29, 1.82) is 0 Å². The molecule has 0 aliphatic carbocycles. The van der Waals surface area contributed by atoms with E-state index in [9.17, 15) is 4.79 Å². The third-order valence-corrected chi connectivity index (χ3v) is 4.26. The van der Waals surface area contributed by atoms with Gasteiger partial charge in [-0.15, -0.1) is 0 Å². The zero-order valence-corrected chi connectivity index (χ0v) is 12.7. The number of halogens is 1. The maximum Gasteiger partial charge on any atom is 0.240 e. The molecule has 6 heteroatoms. The Morgan fingerprint density at radius 1 is 1.50 bits per heavy atom. The molecule has 1 aliphatic heterocycles. The molecule has 104 valence electrons. The molecule has 1 aromatic carbocycles. The summed E-state index contributed by atoms with van der Waals surface area (Å²) in [5.74, 6) is -0.298. The molecular formula is C14H15BrN4O. The van der Waals surface area contributed by atoms with Crippen LogP contribution in [0.3, 0.4) is 0 Å². The Balaban J connectivity index is 1.96. The smallest absolute Gasteiger partial charge is 0.240 e. The van der Waals surface area contributed by atoms with E-state index in [1.807, 2.05) is 42.4 Å². The lowest BCUT2D eigenvalue weighted by Crippen LogP contribution is -2.42. The van der Waals surface area contributed by atoms with Gasteiger partial charge in [0.2, 0.25) is 5.91 Å². The van der Waals surface area contributed by atoms with E-state index in [4.69, 9.17) is 5.73 Å². The number of rotatable bonds is 3. The quantitative estimate of drug-likeness (QED) is 0.927. The van der Waals surface area contributed by atoms with Gasteiger partial charge in [-0.2, -0.15) is 5.10 Å². The molecule has 3 rings (SSSR count). The standard InChI is InChI=1S/C14H15BrN4O/c1-18-7-10(15)11(17-18)8-19-12-5-3-2-4-9(12)6-13(19)14(16)20/h2-5,7,13H,6,8H2,1H3,(H2,16,20)/t13-/m0/s1. The molecule has 1 aliphatic rings. The van der Waals surface area contributed by atoms with Crippen molar-refractivity contribution < 1.29 is 4.79 Å². The highest BCUT2D eigenvalue weighted by molar-refractivity contribution is 9.10. The van der Waals surface area contributed by atoms with E-state index in [0.717, 1.165) is 21.4 Å². The number of aryl methyl sites for hydroxylation is 1. The molecule has 2 heterocycles. The second-order valence-corrected chi connectivity index (χ2v) is 5.83. The first-order valence-corrected chi connectivity index (χ1v) is 7.17. The lowest BCUT2D eigenvalue weighted by atomic mass is 10.1. The van der Waals surface area contributed by atoms with Crippen molar-refractivity contribution in [3.63, 3.8) is 0 Å². The number of hydrogen-bond donors (Lipinski definition) is 1. The van der Waals surface area contributed by atoms with Crippen molar-refractivity contribution in [2.24, 2.45) is 12.8 Å². The SMILES string of the molecule is Cn1cc(Br)c(CN2c3ccccc3C[C@H]2C(N)=O)n1. The summed E-state index contributed by atoms with van der Waals surface area (Å²) in [7, 11) is 1.87. The van der Waals surface area contributed by atoms with Crippen molar-refractivity contribution in [1.82, 2.24) is 9.78 Å². The Bertz CT molecular complexity index is 667. The van der Waals surface area contributed by atoms with Crippen LogP contribution < -0.4 is 10.6 Å². The summed E-state index contributed by atoms with van der Waals surface area (Å²) >= 11 is 3.50. The summed E-state index contributed by atoms with van der Waals surface area (Å²) in [4.78, 5) is 13.7. The van der Waals surface area contributed by atoms with Crippen LogP contribution in [-0.2, 0) is 24.8 Å². The number of primary amides is 1. The molecule has 0 fully saturated rings. The predicted molar refractivity (Wildman–Crippen MR) is 80.2 cm³/mol. The van der Waals surface area contributed by atoms with Crippen LogP contribution in [0.1, 0.15) is 11.3 Å². The molecule has 2 aromatic rings. The highest BCUT2D eigenvalue weighted by atomic mass is 79.9. The number of hydrogen-bond acceptors (Lipinski definition) is 3. The third kappa shape index (κ3) is 2.20. The molecule has 20 heavy (non-hydrogen) atoms. The summed E-state index contributed by atoms with van der Waals surface area (Å²) < 4.78 is 2.69. The number of benzene rings is 1. The van der Waals surface area contributed by atoms with E-state index < -0.39 is 0 Å². The molecule has 5 nitrogen and oxygen atoms in total. The van der Waals surface area contributed by atoms with E-state index in [0.29, 0.717) is 13.0 Å². The second kappa shape index (κ2) is 4.94. The average Bonchev–Trinajstić information content (AvgIpc) is 2.91. The Morgan fingerprint density at radius 3 is 2.90 bits per heavy atom. The van der Waals surface area contributed by atoms with Crippen molar-refractivity contribution in [2.75, 3.05) is 4.90 Å². The van der Waals surface area contributed by atoms with Crippen LogP contribution in [0.15, 0.2) is 34.9 Å². The fraction of sp³-hybridized carbons (Fsp3) is 0.286. The maximum absolute atomic E-state index is 11.7. The predicted octanol–water partition coefficient (Wildman–Crippen LogP) is 1.60. The summed E-state index contributed by atoms with van der Waals surface area (Å²) in [6.07, 6.45) is 2.56. The number of fused-ring (bicyclic) bond motifs is 1. The zero-order chi connectivity index (χ0) is 14.3. The van der Waals surface area contributed by atoms with E-state index in [1.54, 1.807) is 4.68 Å². The number of aromatic nitrogens is 2. The van der Waals surface area contributed by atoms with Gasteiger partial charge in [0.05, 0.1) is 16.7 Å². The van der Waals surface area contributed by atoms with Crippen LogP contribution in [-0.4, -0.2) is 21.7 Å². The van der Waals surface area contributed by atoms with Gasteiger partial charge in [-0.3, -0.25) is 9.48 Å². The highest BCUT2D eigenvalue weighted by Gasteiger charge is 2.33. The molecule has 1 aromatic heterocycles. The molecule has 2 N–H and O–H groups in total. The van der Waals surface area contributed by atoms with Crippen LogP contribution in [0, 0.1) is 0 Å². The van der Waals surface area contributed by atoms with Crippen molar-refractivity contribution >= 4 is 27.5 Å². The fourth-order valence-corrected chi connectivity index (χ4v) is 3.17. The highest BCUT2D eigenvalue weighted by Crippen LogP contribution is 2.33. The molecular weight excluding hydrogens is 320 g/mol. The Labute approximate surface area is 125 Å². The lowest BCUT2D eigenvalue weighted by Gasteiger charge is -2.24. The summed E-state index contributed by atoms with van der Waals surface area (Å²) in [5, 5.41) is 4.42. The molecule has 0 unspecified atom stereocenters. The van der Waals surface area contributed by atoms with Gasteiger partial charge in [0.25, 0.3) is 0 Å². The topological polar surface area (TPSA) is 64.2 Å². The van der Waals surface area contributed by atoms with E-state index in [2.05, 4.69) is 21.0 Å². The van der Waals surface area contributed by atoms with Gasteiger partial charge in [0, 0.05) is 25.4 Å². The molecule has 0 saturated heterocycles. The number of carbonyl (C=O) groups is 1. The minimum Gasteiger partial charge on any atom is -0.368 e. The molecule has 1 atom stereocenters. The number of nitrogens with two attached hydrogens (primary N) is 1. The van der Waals surface area contributed by atoms with Gasteiger partial charge in [-0.05, 0) is 27.6 Å². The third-order valence-electron chi connectivity index (χ3n) is 3.59. The second-order valence-electron chi connectivity index (χ2n) is 4.98. The Hall–Kier alpha value is -1.82. The minimum absolute atomic E-state index is 0.298. The first-order valence-electron chi connectivity index (χ1n) is 6.38. The van der Waals surface area contributed by atoms with Gasteiger partial charge in [0.15, 0.2) is 0 Å². The van der Waals surface area contributed by atoms with Gasteiger partial charge < -0.3 is 10.6 Å². The van der Waals surface area contributed by atoms with E-state index in [1.165, 1.54) is 0 Å². The largest absolute Gasteiger partial charge is 0.368 e. The van der Waals surface area contributed by atoms with Crippen LogP contribution in [0.2, 0.25) is 0 Å². The lowest BCUT2D eigenvalue weighted by molar-refractivity contribution is -0.119. The van der Waals surface area contributed by atoms with Gasteiger partial charge >= 0.3 is 0 Å². The molecule has 1 amide bonds. The van der Waals surface area contributed by atoms with Gasteiger partial charge in [-0.1, -0.05) is 18.2 Å². The molecule has 0 radical (unpaired) electrons. The number of anilines is 1. The summed E-state index contributed by atoms with van der Waals surface area (Å²) in [6, 6.07) is 7.72. The monoisotopic (exact) mass is 334 g/mol. The van der Waals surface area contributed by atoms with E-state index >= 15 is 0 Å². The molecule has 0 bridgehead atoms. The maximum atomic E-state index is 11.7. The number of carbonyl (C=O) groups excluding carboxylic acids is 1. The minimum atomic E-state index is -0.304. The Morgan fingerprint density at radius 2 is 2.25 bits per heavy atom. The van der Waals surface area contributed by atoms with Crippen molar-refractivity contribution in [3.8, 4) is 0 Å². The fourth-order valence-electron chi connectivity index (χ4n) is 2.67. The van der Waals surface area contributed by atoms with Crippen LogP contribution in [0.5, 0.6) is 0 Å². The number of nitrogens with zero attached hydrogens (tertiary/aromatic N) is 3. The Kier molecular flexibility index (Phi) is 3.25. The molecule has 0 spiro atoms. The van der Waals surface area contributed by atoms with Gasteiger partial charge in [0.1, 0.15) is 6.04 Å². The van der Waals surface area contributed by atoms with Crippen molar-refractivity contribution in [3.05, 3.63) is 46.2 Å². The van der Waals surface area contributed by atoms with Crippen LogP contribution in [0.4, 0.5) is 5.69 Å². The number of amides is 1. The first-order chi connectivity index (χ1) is 9.56. The first kappa shape index (κ1) is 13.2. The zero-order valence-electron chi connectivity index (χ0n) is 11.1. The summed E-state index contributed by atoms with van der Waals surface area (Å²) in [5.41, 5.74) is 8.66.